The zero-order chi connectivity index (χ0) is 20.7. The van der Waals surface area contributed by atoms with Crippen molar-refractivity contribution in [3.05, 3.63) is 0 Å². The van der Waals surface area contributed by atoms with Gasteiger partial charge in [0.15, 0.2) is 0 Å². The summed E-state index contributed by atoms with van der Waals surface area (Å²) in [4.78, 5) is 1.97. The molecule has 1 atom stereocenters. The molecule has 0 aromatic rings. The second-order valence-electron chi connectivity index (χ2n) is 7.83. The fraction of sp³-hybridized carbons (Fsp3) is 1.00. The fourth-order valence-corrected chi connectivity index (χ4v) is 9.46. The van der Waals surface area contributed by atoms with Crippen molar-refractivity contribution < 1.29 is 27.2 Å². The average Bonchev–Trinajstić information content (AvgIpc) is 2.65. The Morgan fingerprint density at radius 1 is 0.926 bits per heavy atom. The average molecular weight is 427 g/mol. The molecule has 1 heterocycles. The lowest BCUT2D eigenvalue weighted by atomic mass is 9.83. The maximum atomic E-state index is 13.8. The molecule has 0 aliphatic carbocycles. The minimum Gasteiger partial charge on any atom is -0.307 e. The van der Waals surface area contributed by atoms with Gasteiger partial charge in [0.2, 0.25) is 5.52 Å². The molecule has 0 aromatic carbocycles. The van der Waals surface area contributed by atoms with E-state index in [2.05, 4.69) is 20.8 Å². The quantitative estimate of drug-likeness (QED) is 0.400. The molecule has 27 heavy (non-hydrogen) atoms. The minimum atomic E-state index is -3.76. The van der Waals surface area contributed by atoms with Crippen molar-refractivity contribution in [2.75, 3.05) is 39.5 Å². The molecule has 1 saturated heterocycles. The molecular formula is C18H39NO6P2. The molecule has 1 rings (SSSR count). The van der Waals surface area contributed by atoms with E-state index in [0.29, 0.717) is 19.0 Å². The van der Waals surface area contributed by atoms with Gasteiger partial charge in [-0.1, -0.05) is 20.8 Å². The third kappa shape index (κ3) is 6.92. The van der Waals surface area contributed by atoms with E-state index in [1.807, 2.05) is 4.90 Å². The molecular weight excluding hydrogens is 388 g/mol. The first-order valence-electron chi connectivity index (χ1n) is 10.1. The summed E-state index contributed by atoms with van der Waals surface area (Å²) < 4.78 is 50.1. The van der Waals surface area contributed by atoms with Gasteiger partial charge in [0.25, 0.3) is 0 Å². The van der Waals surface area contributed by atoms with E-state index in [1.54, 1.807) is 27.7 Å². The molecule has 0 aromatic heterocycles. The molecule has 1 aliphatic rings. The van der Waals surface area contributed by atoms with Gasteiger partial charge in [0, 0.05) is 6.54 Å². The van der Waals surface area contributed by atoms with E-state index in [9.17, 15) is 9.13 Å². The Morgan fingerprint density at radius 2 is 1.33 bits per heavy atom. The maximum Gasteiger partial charge on any atom is 0.360 e. The van der Waals surface area contributed by atoms with Crippen LogP contribution in [0.4, 0.5) is 0 Å². The molecule has 0 saturated carbocycles. The molecule has 7 nitrogen and oxygen atoms in total. The summed E-state index contributed by atoms with van der Waals surface area (Å²) in [7, 11) is -7.52. The van der Waals surface area contributed by atoms with Crippen molar-refractivity contribution in [1.82, 2.24) is 4.90 Å². The van der Waals surface area contributed by atoms with Crippen LogP contribution in [-0.2, 0) is 27.2 Å². The summed E-state index contributed by atoms with van der Waals surface area (Å²) in [5.41, 5.74) is -1.09. The Morgan fingerprint density at radius 3 is 1.70 bits per heavy atom. The van der Waals surface area contributed by atoms with Crippen LogP contribution in [0.2, 0.25) is 0 Å². The molecule has 1 aliphatic heterocycles. The van der Waals surface area contributed by atoms with Crippen LogP contribution >= 0.6 is 15.2 Å². The SMILES string of the molecule is CCOP(=O)(OCC)C(N1CCC(C)CC(C)(C)C1)P(=O)(OCC)OCC. The standard InChI is InChI=1S/C18H39NO6P2/c1-8-22-26(20,23-9-2)17(27(21,24-10-3)25-11-4)19-13-12-16(5)14-18(6,7)15-19/h16-17H,8-15H2,1-7H3. The van der Waals surface area contributed by atoms with Crippen molar-refractivity contribution in [2.24, 2.45) is 11.3 Å². The van der Waals surface area contributed by atoms with Crippen LogP contribution in [0.25, 0.3) is 0 Å². The fourth-order valence-electron chi connectivity index (χ4n) is 3.96. The first-order valence-corrected chi connectivity index (χ1v) is 13.3. The largest absolute Gasteiger partial charge is 0.360 e. The van der Waals surface area contributed by atoms with Crippen molar-refractivity contribution in [2.45, 2.75) is 66.8 Å². The van der Waals surface area contributed by atoms with E-state index in [-0.39, 0.29) is 31.8 Å². The van der Waals surface area contributed by atoms with Gasteiger partial charge in [-0.15, -0.1) is 0 Å². The summed E-state index contributed by atoms with van der Waals surface area (Å²) in [6.07, 6.45) is 1.95. The van der Waals surface area contributed by atoms with Crippen LogP contribution in [-0.4, -0.2) is 49.9 Å². The van der Waals surface area contributed by atoms with E-state index in [0.717, 1.165) is 12.8 Å². The van der Waals surface area contributed by atoms with Crippen molar-refractivity contribution in [1.29, 1.82) is 0 Å². The summed E-state index contributed by atoms with van der Waals surface area (Å²) in [6, 6.07) is 0. The van der Waals surface area contributed by atoms with Crippen molar-refractivity contribution in [3.8, 4) is 0 Å². The highest BCUT2D eigenvalue weighted by atomic mass is 31.2. The number of hydrogen-bond acceptors (Lipinski definition) is 7. The van der Waals surface area contributed by atoms with Crippen molar-refractivity contribution in [3.63, 3.8) is 0 Å². The molecule has 162 valence electrons. The van der Waals surface area contributed by atoms with Gasteiger partial charge in [0.05, 0.1) is 26.4 Å². The van der Waals surface area contributed by atoms with E-state index in [1.165, 1.54) is 0 Å². The number of rotatable bonds is 11. The summed E-state index contributed by atoms with van der Waals surface area (Å²) in [5.74, 6) is 0.516. The maximum absolute atomic E-state index is 13.8. The predicted octanol–water partition coefficient (Wildman–Crippen LogP) is 5.56. The predicted molar refractivity (Wildman–Crippen MR) is 109 cm³/mol. The van der Waals surface area contributed by atoms with Crippen molar-refractivity contribution >= 4 is 15.2 Å². The molecule has 9 heteroatoms. The van der Waals surface area contributed by atoms with Gasteiger partial charge in [0.1, 0.15) is 0 Å². The molecule has 0 radical (unpaired) electrons. The van der Waals surface area contributed by atoms with Gasteiger partial charge in [-0.25, -0.2) is 0 Å². The first-order chi connectivity index (χ1) is 12.6. The van der Waals surface area contributed by atoms with Gasteiger partial charge in [-0.2, -0.15) is 0 Å². The zero-order valence-corrected chi connectivity index (χ0v) is 19.9. The monoisotopic (exact) mass is 427 g/mol. The Bertz CT molecular complexity index is 492. The van der Waals surface area contributed by atoms with Gasteiger partial charge in [-0.3, -0.25) is 14.0 Å². The second-order valence-corrected chi connectivity index (χ2v) is 12.4. The summed E-state index contributed by atoms with van der Waals surface area (Å²) in [5, 5.41) is 0. The van der Waals surface area contributed by atoms with Crippen LogP contribution in [0.3, 0.4) is 0 Å². The van der Waals surface area contributed by atoms with Crippen LogP contribution < -0.4 is 0 Å². The molecule has 0 bridgehead atoms. The Balaban J connectivity index is 3.47. The Hall–Kier alpha value is 0.260. The molecule has 1 unspecified atom stereocenters. The Kier molecular flexibility index (Phi) is 10.2. The molecule has 0 spiro atoms. The van der Waals surface area contributed by atoms with E-state index in [4.69, 9.17) is 18.1 Å². The van der Waals surface area contributed by atoms with Crippen LogP contribution in [0.5, 0.6) is 0 Å². The van der Waals surface area contributed by atoms with Crippen LogP contribution in [0.15, 0.2) is 0 Å². The van der Waals surface area contributed by atoms with Crippen LogP contribution in [0.1, 0.15) is 61.3 Å². The van der Waals surface area contributed by atoms with Crippen LogP contribution in [0, 0.1) is 11.3 Å². The lowest BCUT2D eigenvalue weighted by Crippen LogP contribution is -2.42. The van der Waals surface area contributed by atoms with Gasteiger partial charge in [-0.05, 0) is 58.4 Å². The third-order valence-electron chi connectivity index (χ3n) is 4.57. The topological polar surface area (TPSA) is 74.3 Å². The highest BCUT2D eigenvalue weighted by molar-refractivity contribution is 7.72. The van der Waals surface area contributed by atoms with Gasteiger partial charge >= 0.3 is 15.2 Å². The lowest BCUT2D eigenvalue weighted by Gasteiger charge is -2.40. The highest BCUT2D eigenvalue weighted by Crippen LogP contribution is 2.71. The Labute approximate surface area is 165 Å². The third-order valence-corrected chi connectivity index (χ3v) is 10.5. The number of likely N-dealkylation sites (tertiary alicyclic amines) is 1. The van der Waals surface area contributed by atoms with Gasteiger partial charge < -0.3 is 18.1 Å². The molecule has 0 N–H and O–H groups in total. The number of nitrogens with zero attached hydrogens (tertiary/aromatic N) is 1. The van der Waals surface area contributed by atoms with E-state index < -0.39 is 20.7 Å². The summed E-state index contributed by atoms with van der Waals surface area (Å²) >= 11 is 0. The highest BCUT2D eigenvalue weighted by Gasteiger charge is 2.55. The molecule has 1 fully saturated rings. The zero-order valence-electron chi connectivity index (χ0n) is 18.1. The first kappa shape index (κ1) is 25.3. The minimum absolute atomic E-state index is 0.0271. The molecule has 0 amide bonds. The second kappa shape index (κ2) is 10.9. The number of hydrogen-bond donors (Lipinski definition) is 0. The lowest BCUT2D eigenvalue weighted by molar-refractivity contribution is 0.133. The van der Waals surface area contributed by atoms with E-state index >= 15 is 0 Å². The smallest absolute Gasteiger partial charge is 0.307 e. The summed E-state index contributed by atoms with van der Waals surface area (Å²) in [6.45, 7) is 15.6. The normalized spacial score (nSPS) is 22.1.